The van der Waals surface area contributed by atoms with E-state index in [-0.39, 0.29) is 60.5 Å². The number of benzene rings is 1. The number of thioether (sulfide) groups is 1. The molecule has 4 rings (SSSR count). The van der Waals surface area contributed by atoms with Gasteiger partial charge in [-0.25, -0.2) is 14.6 Å². The number of carbonyl (C=O) groups is 1. The van der Waals surface area contributed by atoms with Crippen molar-refractivity contribution in [1.29, 1.82) is 0 Å². The first-order valence-electron chi connectivity index (χ1n) is 13.3. The Morgan fingerprint density at radius 3 is 2.71 bits per heavy atom. The van der Waals surface area contributed by atoms with Crippen LogP contribution in [0.5, 0.6) is 0 Å². The Balaban J connectivity index is 1.43. The third-order valence-corrected chi connectivity index (χ3v) is 9.90. The lowest BCUT2D eigenvalue weighted by atomic mass is 9.93. The van der Waals surface area contributed by atoms with Gasteiger partial charge in [-0.05, 0) is 25.3 Å². The number of hydrogen-bond donors (Lipinski definition) is 4. The maximum Gasteiger partial charge on any atom is 0.405 e. The number of ether oxygens (including phenoxy) is 1. The predicted molar refractivity (Wildman–Crippen MR) is 156 cm³/mol. The van der Waals surface area contributed by atoms with Crippen molar-refractivity contribution in [2.24, 2.45) is 17.3 Å². The third-order valence-electron chi connectivity index (χ3n) is 7.16. The van der Waals surface area contributed by atoms with Gasteiger partial charge < -0.3 is 15.6 Å². The van der Waals surface area contributed by atoms with E-state index in [1.54, 1.807) is 18.4 Å². The van der Waals surface area contributed by atoms with Crippen LogP contribution in [-0.2, 0) is 29.7 Å². The molecule has 15 heteroatoms. The molecule has 41 heavy (non-hydrogen) atoms. The molecule has 2 aromatic heterocycles. The van der Waals surface area contributed by atoms with Crippen molar-refractivity contribution in [3.63, 3.8) is 0 Å². The second-order valence-electron chi connectivity index (χ2n) is 10.7. The number of nitrogens with zero attached hydrogens (tertiary/aromatic N) is 3. The summed E-state index contributed by atoms with van der Waals surface area (Å²) in [4.78, 5) is 35.4. The van der Waals surface area contributed by atoms with Crippen LogP contribution in [-0.4, -0.2) is 61.4 Å². The quantitative estimate of drug-likeness (QED) is 0.165. The van der Waals surface area contributed by atoms with Gasteiger partial charge in [0, 0.05) is 18.2 Å². The number of anilines is 1. The lowest BCUT2D eigenvalue weighted by Crippen LogP contribution is -2.26. The molecule has 5 atom stereocenters. The van der Waals surface area contributed by atoms with Crippen molar-refractivity contribution in [2.45, 2.75) is 46.6 Å². The monoisotopic (exact) mass is 608 g/mol. The number of hydrogen-bond acceptors (Lipinski definition) is 11. The van der Waals surface area contributed by atoms with E-state index in [0.29, 0.717) is 5.65 Å². The van der Waals surface area contributed by atoms with Gasteiger partial charge in [-0.3, -0.25) is 28.2 Å². The molecule has 0 bridgehead atoms. The van der Waals surface area contributed by atoms with Crippen molar-refractivity contribution in [2.75, 3.05) is 31.3 Å². The third kappa shape index (κ3) is 7.44. The summed E-state index contributed by atoms with van der Waals surface area (Å²) in [5.41, 5.74) is 5.79. The molecular formula is C26H37N6O7PS. The van der Waals surface area contributed by atoms with Gasteiger partial charge in [0.15, 0.2) is 16.3 Å². The first-order chi connectivity index (χ1) is 19.4. The molecule has 1 aliphatic rings. The highest BCUT2D eigenvalue weighted by atomic mass is 32.2. The van der Waals surface area contributed by atoms with Crippen LogP contribution in [0, 0.1) is 17.3 Å². The summed E-state index contributed by atoms with van der Waals surface area (Å²) in [5.74, 6) is 0.165. The lowest BCUT2D eigenvalue weighted by Gasteiger charge is -2.23. The van der Waals surface area contributed by atoms with E-state index in [1.807, 2.05) is 44.2 Å². The summed E-state index contributed by atoms with van der Waals surface area (Å²) in [5, 5.41) is 12.1. The van der Waals surface area contributed by atoms with Crippen molar-refractivity contribution in [3.05, 3.63) is 52.6 Å². The Morgan fingerprint density at radius 1 is 1.27 bits per heavy atom. The number of aliphatic hydroxyl groups is 1. The normalized spacial score (nSPS) is 22.7. The Kier molecular flexibility index (Phi) is 10.1. The van der Waals surface area contributed by atoms with Crippen LogP contribution >= 0.6 is 19.5 Å². The molecule has 3 aromatic rings. The zero-order chi connectivity index (χ0) is 29.8. The topological polar surface area (TPSA) is 184 Å². The van der Waals surface area contributed by atoms with E-state index in [1.165, 1.54) is 6.33 Å². The second-order valence-corrected chi connectivity index (χ2v) is 13.6. The largest absolute Gasteiger partial charge is 0.405 e. The molecule has 0 saturated carbocycles. The van der Waals surface area contributed by atoms with Crippen molar-refractivity contribution < 1.29 is 28.3 Å². The number of nitrogens with two attached hydrogens (primary N) is 1. The molecule has 0 amide bonds. The Morgan fingerprint density at radius 2 is 2.00 bits per heavy atom. The average Bonchev–Trinajstić information content (AvgIpc) is 3.49. The molecule has 0 spiro atoms. The summed E-state index contributed by atoms with van der Waals surface area (Å²) in [6, 6.07) is 9.41. The number of H-pyrrole nitrogens is 1. The van der Waals surface area contributed by atoms with Gasteiger partial charge in [0.25, 0.3) is 5.56 Å². The van der Waals surface area contributed by atoms with Crippen molar-refractivity contribution in [3.8, 4) is 0 Å². The van der Waals surface area contributed by atoms with Gasteiger partial charge in [-0.2, -0.15) is 4.98 Å². The van der Waals surface area contributed by atoms with Crippen LogP contribution in [0.25, 0.3) is 11.2 Å². The number of carbonyl (C=O) groups excluding carboxylic acids is 1. The summed E-state index contributed by atoms with van der Waals surface area (Å²) in [6.07, 6.45) is 0.534. The van der Waals surface area contributed by atoms with Crippen LogP contribution in [0.4, 0.5) is 5.95 Å². The number of aromatic amines is 1. The Hall–Kier alpha value is -2.58. The summed E-state index contributed by atoms with van der Waals surface area (Å²) < 4.78 is 33.3. The average molecular weight is 609 g/mol. The van der Waals surface area contributed by atoms with Gasteiger partial charge in [0.1, 0.15) is 6.23 Å². The summed E-state index contributed by atoms with van der Waals surface area (Å²) in [7, 11) is -3.82. The van der Waals surface area contributed by atoms with E-state index >= 15 is 0 Å². The van der Waals surface area contributed by atoms with Crippen LogP contribution < -0.4 is 16.4 Å². The molecule has 224 valence electrons. The Bertz CT molecular complexity index is 1450. The highest BCUT2D eigenvalue weighted by Crippen LogP contribution is 2.47. The van der Waals surface area contributed by atoms with Crippen LogP contribution in [0.2, 0.25) is 0 Å². The molecule has 0 radical (unpaired) electrons. The molecular weight excluding hydrogens is 571 g/mol. The number of imidazole rings is 1. The SMILES string of the molecule is C[C@H]1[C@H](C)[C@@H](COP(=O)(NCc2ccccc2)OCCSC(=O)C(C)(C)CO)O[C@H]1n1cnc2c(=O)[nH]c(N)nc21. The zero-order valence-electron chi connectivity index (χ0n) is 23.5. The minimum atomic E-state index is -3.82. The summed E-state index contributed by atoms with van der Waals surface area (Å²) in [6.45, 7) is 7.24. The fourth-order valence-corrected chi connectivity index (χ4v) is 6.54. The number of nitrogen functional groups attached to an aromatic ring is 1. The van der Waals surface area contributed by atoms with Crippen LogP contribution in [0.15, 0.2) is 41.5 Å². The smallest absolute Gasteiger partial charge is 0.395 e. The number of aromatic nitrogens is 4. The molecule has 1 saturated heterocycles. The van der Waals surface area contributed by atoms with E-state index in [2.05, 4.69) is 20.0 Å². The maximum absolute atomic E-state index is 13.8. The fourth-order valence-electron chi connectivity index (χ4n) is 4.30. The van der Waals surface area contributed by atoms with Crippen molar-refractivity contribution in [1.82, 2.24) is 24.6 Å². The molecule has 1 aliphatic heterocycles. The van der Waals surface area contributed by atoms with Gasteiger partial charge >= 0.3 is 7.75 Å². The molecule has 1 unspecified atom stereocenters. The van der Waals surface area contributed by atoms with E-state index < -0.39 is 31.1 Å². The highest BCUT2D eigenvalue weighted by molar-refractivity contribution is 8.13. The Labute approximate surface area is 242 Å². The standard InChI is InChI=1S/C26H37N6O7PS/c1-16-17(2)23(32-15-28-20-21(32)30-25(27)31-22(20)34)39-19(16)13-38-40(36,29-12-18-8-6-5-7-9-18)37-10-11-41-24(35)26(3,4)14-33/h5-9,15-17,19,23,33H,10-14H2,1-4H3,(H,29,36)(H3,27,30,31,34)/t16-,17-,19+,23+,40?/m0/s1. The van der Waals surface area contributed by atoms with Crippen LogP contribution in [0.1, 0.15) is 39.5 Å². The van der Waals surface area contributed by atoms with Gasteiger partial charge in [0.2, 0.25) is 5.95 Å². The molecule has 3 heterocycles. The lowest BCUT2D eigenvalue weighted by molar-refractivity contribution is -0.119. The van der Waals surface area contributed by atoms with Crippen LogP contribution in [0.3, 0.4) is 0 Å². The second kappa shape index (κ2) is 13.2. The molecule has 13 nitrogen and oxygen atoms in total. The number of fused-ring (bicyclic) bond motifs is 1. The number of nitrogens with one attached hydrogen (secondary N) is 2. The van der Waals surface area contributed by atoms with Gasteiger partial charge in [-0.1, -0.05) is 55.9 Å². The molecule has 0 aliphatic carbocycles. The number of aliphatic hydroxyl groups excluding tert-OH is 1. The fraction of sp³-hybridized carbons (Fsp3) is 0.538. The van der Waals surface area contributed by atoms with Crippen molar-refractivity contribution >= 4 is 41.7 Å². The molecule has 1 fully saturated rings. The van der Waals surface area contributed by atoms with Gasteiger partial charge in [-0.15, -0.1) is 0 Å². The minimum Gasteiger partial charge on any atom is -0.395 e. The van der Waals surface area contributed by atoms with E-state index in [9.17, 15) is 19.3 Å². The highest BCUT2D eigenvalue weighted by Gasteiger charge is 2.42. The van der Waals surface area contributed by atoms with E-state index in [0.717, 1.165) is 17.3 Å². The summed E-state index contributed by atoms with van der Waals surface area (Å²) >= 11 is 1.01. The first kappa shape index (κ1) is 31.4. The van der Waals surface area contributed by atoms with E-state index in [4.69, 9.17) is 19.5 Å². The van der Waals surface area contributed by atoms with Gasteiger partial charge in [0.05, 0.1) is 37.7 Å². The molecule has 1 aromatic carbocycles. The zero-order valence-corrected chi connectivity index (χ0v) is 25.2. The maximum atomic E-state index is 13.8. The minimum absolute atomic E-state index is 0.0141. The predicted octanol–water partition coefficient (Wildman–Crippen LogP) is 3.08. The number of rotatable bonds is 13. The first-order valence-corrected chi connectivity index (χ1v) is 15.8. The molecule has 5 N–H and O–H groups in total.